The van der Waals surface area contributed by atoms with Crippen LogP contribution in [0.15, 0.2) is 18.2 Å². The number of rotatable bonds is 14. The first-order valence-electron chi connectivity index (χ1n) is 7.96. The highest BCUT2D eigenvalue weighted by Gasteiger charge is 2.46. The molecular formula is C9H18O20P6. The van der Waals surface area contributed by atoms with Gasteiger partial charge in [0.2, 0.25) is 0 Å². The molecule has 0 heterocycles. The van der Waals surface area contributed by atoms with E-state index in [1.54, 1.807) is 0 Å². The fourth-order valence-electron chi connectivity index (χ4n) is 2.28. The average Bonchev–Trinajstić information content (AvgIpc) is 2.64. The van der Waals surface area contributed by atoms with Crippen molar-refractivity contribution in [1.82, 2.24) is 0 Å². The Balaban J connectivity index is 4.10. The predicted molar refractivity (Wildman–Crippen MR) is 111 cm³/mol. The van der Waals surface area contributed by atoms with Crippen molar-refractivity contribution < 1.29 is 95.0 Å². The molecule has 0 radical (unpaired) electrons. The van der Waals surface area contributed by atoms with E-state index in [2.05, 4.69) is 22.6 Å². The smallest absolute Gasteiger partial charge is 0.331 e. The Hall–Kier alpha value is 0.200. The van der Waals surface area contributed by atoms with Gasteiger partial charge >= 0.3 is 53.6 Å². The summed E-state index contributed by atoms with van der Waals surface area (Å²) in [5, 5.41) is 31.4. The van der Waals surface area contributed by atoms with Crippen molar-refractivity contribution in [3.05, 3.63) is 34.9 Å². The van der Waals surface area contributed by atoms with Crippen molar-refractivity contribution in [1.29, 1.82) is 0 Å². The van der Waals surface area contributed by atoms with Crippen molar-refractivity contribution in [3.8, 4) is 0 Å². The molecule has 0 aromatic heterocycles. The first-order valence-corrected chi connectivity index (χ1v) is 15.5. The molecule has 0 fully saturated rings. The highest BCUT2D eigenvalue weighted by Crippen LogP contribution is 2.51. The molecule has 0 saturated heterocycles. The van der Waals surface area contributed by atoms with Gasteiger partial charge in [-0.3, -0.25) is 27.3 Å². The minimum absolute atomic E-state index is 0.270. The minimum Gasteiger partial charge on any atom is -0.354 e. The Morgan fingerprint density at radius 3 is 1.29 bits per heavy atom. The topological polar surface area (TPSA) is 334 Å². The lowest BCUT2D eigenvalue weighted by Gasteiger charge is -2.32. The third-order valence-corrected chi connectivity index (χ3v) is 6.87. The molecule has 0 saturated carbocycles. The van der Waals surface area contributed by atoms with Gasteiger partial charge in [0, 0.05) is 16.7 Å². The third-order valence-electron chi connectivity index (χ3n) is 3.46. The molecule has 1 aromatic carbocycles. The summed E-state index contributed by atoms with van der Waals surface area (Å²) in [6.07, 6.45) is 0. The Morgan fingerprint density at radius 2 is 0.943 bits per heavy atom. The summed E-state index contributed by atoms with van der Waals surface area (Å²) in [4.78, 5) is 63.7. The maximum Gasteiger partial charge on any atom is 0.331 e. The lowest BCUT2D eigenvalue weighted by Crippen LogP contribution is -2.34. The largest absolute Gasteiger partial charge is 0.354 e. The molecule has 0 spiro atoms. The van der Waals surface area contributed by atoms with Gasteiger partial charge in [0.25, 0.3) is 13.6 Å². The predicted octanol–water partition coefficient (Wildman–Crippen LogP) is -1.72. The van der Waals surface area contributed by atoms with E-state index in [0.717, 1.165) is 0 Å². The quantitative estimate of drug-likeness (QED) is 0.0805. The average molecular weight is 632 g/mol. The van der Waals surface area contributed by atoms with Gasteiger partial charge in [-0.15, -0.1) is 0 Å². The number of hydrogen-bond acceptors (Lipinski definition) is 15. The molecule has 0 aliphatic carbocycles. The summed E-state index contributed by atoms with van der Waals surface area (Å²) in [6.45, 7) is 0. The lowest BCUT2D eigenvalue weighted by molar-refractivity contribution is -0.290. The third kappa shape index (κ3) is 9.47. The van der Waals surface area contributed by atoms with E-state index in [-0.39, 0.29) is 18.2 Å². The second kappa shape index (κ2) is 13.3. The Bertz CT molecular complexity index is 1010. The van der Waals surface area contributed by atoms with Gasteiger partial charge < -0.3 is 49.6 Å². The van der Waals surface area contributed by atoms with Crippen LogP contribution in [0, 0.1) is 0 Å². The fourth-order valence-corrected chi connectivity index (χ4v) is 5.35. The molecule has 204 valence electrons. The second-order valence-corrected chi connectivity index (χ2v) is 10.6. The number of benzene rings is 1. The summed E-state index contributed by atoms with van der Waals surface area (Å²) in [5.74, 6) is -7.51. The van der Waals surface area contributed by atoms with Crippen molar-refractivity contribution in [3.63, 3.8) is 0 Å². The molecule has 26 heteroatoms. The van der Waals surface area contributed by atoms with Crippen LogP contribution in [0.4, 0.5) is 0 Å². The van der Waals surface area contributed by atoms with Gasteiger partial charge in [0.05, 0.1) is 0 Å². The normalized spacial score (nSPS) is 21.8. The highest BCUT2D eigenvalue weighted by atomic mass is 31.2. The van der Waals surface area contributed by atoms with Crippen LogP contribution in [0.1, 0.15) is 16.7 Å². The molecule has 0 bridgehead atoms. The van der Waals surface area contributed by atoms with E-state index in [4.69, 9.17) is 29.4 Å². The maximum absolute atomic E-state index is 11.8. The van der Waals surface area contributed by atoms with E-state index < -0.39 is 83.8 Å². The van der Waals surface area contributed by atoms with E-state index in [1.807, 2.05) is 0 Å². The molecule has 1 aromatic rings. The Morgan fingerprint density at radius 1 is 0.600 bits per heavy atom. The SMILES string of the molecule is O=[PH](O)OC(O)(OP(O)O)c1cc(C(O)(O[PH](=O)O)O[PH](=O)O)cc(C(O)(O[PH](=O)O)[PH](=O)O)c1. The summed E-state index contributed by atoms with van der Waals surface area (Å²) < 4.78 is 77.3. The van der Waals surface area contributed by atoms with Crippen LogP contribution in [0.5, 0.6) is 0 Å². The molecule has 1 rings (SSSR count). The minimum atomic E-state index is -4.52. The second-order valence-electron chi connectivity index (χ2n) is 5.73. The molecule has 0 amide bonds. The molecule has 10 N–H and O–H groups in total. The van der Waals surface area contributed by atoms with Crippen molar-refractivity contribution in [2.75, 3.05) is 0 Å². The summed E-state index contributed by atoms with van der Waals surface area (Å²) in [6, 6.07) is 0.826. The highest BCUT2D eigenvalue weighted by molar-refractivity contribution is 7.40. The van der Waals surface area contributed by atoms with Crippen LogP contribution in [-0.2, 0) is 62.9 Å². The van der Waals surface area contributed by atoms with Crippen LogP contribution >= 0.6 is 49.6 Å². The van der Waals surface area contributed by atoms with Crippen molar-refractivity contribution >= 4 is 49.6 Å². The van der Waals surface area contributed by atoms with Crippen LogP contribution in [0.25, 0.3) is 0 Å². The van der Waals surface area contributed by atoms with E-state index in [9.17, 15) is 43.0 Å². The van der Waals surface area contributed by atoms with Gasteiger partial charge in [-0.2, -0.15) is 0 Å². The zero-order valence-electron chi connectivity index (χ0n) is 16.2. The van der Waals surface area contributed by atoms with Crippen LogP contribution in [0.3, 0.4) is 0 Å². The fraction of sp³-hybridized carbons (Fsp3) is 0.333. The van der Waals surface area contributed by atoms with Gasteiger partial charge in [-0.25, -0.2) is 18.1 Å². The first-order chi connectivity index (χ1) is 15.8. The van der Waals surface area contributed by atoms with E-state index in [0.29, 0.717) is 0 Å². The lowest BCUT2D eigenvalue weighted by atomic mass is 10.0. The van der Waals surface area contributed by atoms with Gasteiger partial charge in [0.1, 0.15) is 0 Å². The van der Waals surface area contributed by atoms with Crippen molar-refractivity contribution in [2.45, 2.75) is 17.5 Å². The Kier molecular flexibility index (Phi) is 12.6. The standard InChI is InChI=1S/C9H18O20P6/c10-7(25-31(15)16,26-32(17)18)4-1-5(8(11,27-33(19)20)28-34(21)22)3-6(2-4)9(12,30(13)14)29-35(23)24/h1-3,10-12,15-16,30,32-35H,(H,13,14)(H,17,18)(H,19,20)(H,21,22)(H,23,24). The molecule has 7 atom stereocenters. The molecular weight excluding hydrogens is 614 g/mol. The van der Waals surface area contributed by atoms with E-state index in [1.165, 1.54) is 0 Å². The number of hydrogen-bond donors (Lipinski definition) is 10. The van der Waals surface area contributed by atoms with Crippen molar-refractivity contribution in [2.24, 2.45) is 0 Å². The molecule has 35 heavy (non-hydrogen) atoms. The monoisotopic (exact) mass is 632 g/mol. The number of aliphatic hydroxyl groups is 3. The zero-order valence-corrected chi connectivity index (χ0v) is 22.1. The first kappa shape index (κ1) is 33.2. The van der Waals surface area contributed by atoms with Crippen LogP contribution in [-0.4, -0.2) is 49.6 Å². The summed E-state index contributed by atoms with van der Waals surface area (Å²) in [7, 11) is -25.3. The van der Waals surface area contributed by atoms with Gasteiger partial charge in [0.15, 0.2) is 0 Å². The van der Waals surface area contributed by atoms with Gasteiger partial charge in [-0.05, 0) is 18.2 Å². The van der Waals surface area contributed by atoms with E-state index >= 15 is 0 Å². The van der Waals surface area contributed by atoms with Gasteiger partial charge in [-0.1, -0.05) is 0 Å². The summed E-state index contributed by atoms with van der Waals surface area (Å²) >= 11 is 0. The molecule has 0 aliphatic heterocycles. The van der Waals surface area contributed by atoms with Crippen LogP contribution < -0.4 is 0 Å². The molecule has 0 aliphatic rings. The molecule has 7 unspecified atom stereocenters. The summed E-state index contributed by atoms with van der Waals surface area (Å²) in [5.41, 5.74) is -7.43. The Labute approximate surface area is 197 Å². The maximum atomic E-state index is 11.8. The molecule has 20 nitrogen and oxygen atoms in total. The zero-order chi connectivity index (χ0) is 27.4. The van der Waals surface area contributed by atoms with Crippen LogP contribution in [0.2, 0.25) is 0 Å².